The second-order valence-electron chi connectivity index (χ2n) is 8.18. The van der Waals surface area contributed by atoms with Gasteiger partial charge in [-0.15, -0.1) is 0 Å². The van der Waals surface area contributed by atoms with Gasteiger partial charge in [0.1, 0.15) is 23.8 Å². The molecular formula is C27H24N8O. The van der Waals surface area contributed by atoms with Crippen molar-refractivity contribution in [2.75, 3.05) is 16.0 Å². The molecule has 3 heterocycles. The number of rotatable bonds is 7. The minimum atomic E-state index is -0.216. The number of hydrogen-bond acceptors (Lipinski definition) is 7. The quantitative estimate of drug-likeness (QED) is 0.288. The minimum absolute atomic E-state index is 0.216. The number of nitrogens with one attached hydrogen (secondary N) is 3. The number of amides is 1. The second kappa shape index (κ2) is 10.1. The average Bonchev–Trinajstić information content (AvgIpc) is 3.27. The number of nitrogens with zero attached hydrogens (tertiary/aromatic N) is 5. The van der Waals surface area contributed by atoms with E-state index in [1.54, 1.807) is 23.1 Å². The fourth-order valence-electron chi connectivity index (χ4n) is 3.68. The van der Waals surface area contributed by atoms with Crippen LogP contribution in [-0.4, -0.2) is 30.6 Å². The summed E-state index contributed by atoms with van der Waals surface area (Å²) in [5.41, 5.74) is 4.79. The molecule has 0 saturated heterocycles. The smallest absolute Gasteiger partial charge is 0.259 e. The predicted octanol–water partition coefficient (Wildman–Crippen LogP) is 5.41. The lowest BCUT2D eigenvalue weighted by atomic mass is 10.2. The predicted molar refractivity (Wildman–Crippen MR) is 140 cm³/mol. The van der Waals surface area contributed by atoms with Crippen LogP contribution in [-0.2, 0) is 0 Å². The van der Waals surface area contributed by atoms with Crippen LogP contribution in [0.3, 0.4) is 0 Å². The minimum Gasteiger partial charge on any atom is -0.340 e. The Kier molecular flexibility index (Phi) is 6.35. The zero-order valence-electron chi connectivity index (χ0n) is 19.8. The maximum Gasteiger partial charge on any atom is 0.259 e. The van der Waals surface area contributed by atoms with Gasteiger partial charge in [-0.3, -0.25) is 4.79 Å². The van der Waals surface area contributed by atoms with Gasteiger partial charge in [0, 0.05) is 23.6 Å². The number of benzene rings is 2. The molecule has 36 heavy (non-hydrogen) atoms. The van der Waals surface area contributed by atoms with Gasteiger partial charge in [0.25, 0.3) is 5.91 Å². The van der Waals surface area contributed by atoms with E-state index in [2.05, 4.69) is 36.0 Å². The number of anilines is 5. The van der Waals surface area contributed by atoms with Crippen molar-refractivity contribution in [1.29, 1.82) is 0 Å². The van der Waals surface area contributed by atoms with Crippen LogP contribution in [0.2, 0.25) is 0 Å². The van der Waals surface area contributed by atoms with Crippen LogP contribution in [0.15, 0.2) is 91.5 Å². The largest absolute Gasteiger partial charge is 0.340 e. The van der Waals surface area contributed by atoms with Gasteiger partial charge >= 0.3 is 0 Å². The molecule has 9 heteroatoms. The molecule has 0 aliphatic rings. The first-order chi connectivity index (χ1) is 17.5. The Balaban J connectivity index is 1.23. The van der Waals surface area contributed by atoms with Gasteiger partial charge in [-0.2, -0.15) is 5.10 Å². The number of carbonyl (C=O) groups is 1. The zero-order chi connectivity index (χ0) is 24.9. The number of aryl methyl sites for hydroxylation is 1. The molecule has 0 aliphatic heterocycles. The molecule has 5 rings (SSSR count). The summed E-state index contributed by atoms with van der Waals surface area (Å²) < 4.78 is 1.75. The maximum atomic E-state index is 12.9. The Bertz CT molecular complexity index is 1500. The first-order valence-corrected chi connectivity index (χ1v) is 11.4. The average molecular weight is 477 g/mol. The lowest BCUT2D eigenvalue weighted by Crippen LogP contribution is -2.13. The summed E-state index contributed by atoms with van der Waals surface area (Å²) in [6, 6.07) is 22.8. The van der Waals surface area contributed by atoms with Gasteiger partial charge in [0.2, 0.25) is 0 Å². The number of pyridine rings is 1. The van der Waals surface area contributed by atoms with Crippen LogP contribution in [0.1, 0.15) is 21.6 Å². The summed E-state index contributed by atoms with van der Waals surface area (Å²) in [5, 5.41) is 13.7. The van der Waals surface area contributed by atoms with Crippen LogP contribution in [0.4, 0.5) is 28.8 Å². The summed E-state index contributed by atoms with van der Waals surface area (Å²) in [7, 11) is 0. The van der Waals surface area contributed by atoms with Crippen LogP contribution in [0.5, 0.6) is 0 Å². The van der Waals surface area contributed by atoms with Crippen molar-refractivity contribution >= 4 is 34.7 Å². The Morgan fingerprint density at radius 1 is 0.778 bits per heavy atom. The third-order valence-electron chi connectivity index (χ3n) is 5.51. The number of hydrogen-bond donors (Lipinski definition) is 3. The van der Waals surface area contributed by atoms with Gasteiger partial charge < -0.3 is 16.0 Å². The number of carbonyl (C=O) groups excluding carboxylic acids is 1. The Morgan fingerprint density at radius 2 is 1.47 bits per heavy atom. The molecule has 178 valence electrons. The third-order valence-corrected chi connectivity index (χ3v) is 5.51. The summed E-state index contributed by atoms with van der Waals surface area (Å²) >= 11 is 0. The van der Waals surface area contributed by atoms with E-state index in [0.717, 1.165) is 22.6 Å². The van der Waals surface area contributed by atoms with Crippen LogP contribution in [0.25, 0.3) is 5.69 Å². The second-order valence-corrected chi connectivity index (χ2v) is 8.18. The molecule has 9 nitrogen and oxygen atoms in total. The fraction of sp³-hybridized carbons (Fsp3) is 0.0741. The van der Waals surface area contributed by atoms with Crippen LogP contribution < -0.4 is 16.0 Å². The molecule has 0 aliphatic carbocycles. The molecule has 3 N–H and O–H groups in total. The molecule has 0 radical (unpaired) electrons. The fourth-order valence-corrected chi connectivity index (χ4v) is 3.68. The topological polar surface area (TPSA) is 110 Å². The summed E-state index contributed by atoms with van der Waals surface area (Å²) in [6.45, 7) is 3.88. The molecule has 2 aromatic carbocycles. The molecule has 0 unspecified atom stereocenters. The van der Waals surface area contributed by atoms with E-state index >= 15 is 0 Å². The third kappa shape index (κ3) is 5.20. The molecule has 0 spiro atoms. The molecule has 1 amide bonds. The highest BCUT2D eigenvalue weighted by Crippen LogP contribution is 2.21. The molecular weight excluding hydrogens is 452 g/mol. The highest BCUT2D eigenvalue weighted by atomic mass is 16.1. The first-order valence-electron chi connectivity index (χ1n) is 11.4. The van der Waals surface area contributed by atoms with E-state index in [9.17, 15) is 4.79 Å². The van der Waals surface area contributed by atoms with Gasteiger partial charge in [0.05, 0.1) is 23.1 Å². The van der Waals surface area contributed by atoms with Gasteiger partial charge in [-0.1, -0.05) is 18.2 Å². The Morgan fingerprint density at radius 3 is 2.22 bits per heavy atom. The van der Waals surface area contributed by atoms with E-state index in [-0.39, 0.29) is 5.91 Å². The van der Waals surface area contributed by atoms with Gasteiger partial charge in [-0.05, 0) is 67.9 Å². The van der Waals surface area contributed by atoms with Crippen molar-refractivity contribution in [2.45, 2.75) is 13.8 Å². The van der Waals surface area contributed by atoms with Crippen molar-refractivity contribution in [3.05, 3.63) is 108 Å². The monoisotopic (exact) mass is 476 g/mol. The zero-order valence-corrected chi connectivity index (χ0v) is 19.8. The van der Waals surface area contributed by atoms with Crippen molar-refractivity contribution in [2.24, 2.45) is 0 Å². The molecule has 0 bridgehead atoms. The lowest BCUT2D eigenvalue weighted by molar-refractivity contribution is 0.102. The first kappa shape index (κ1) is 22.7. The van der Waals surface area contributed by atoms with E-state index in [1.807, 2.05) is 80.6 Å². The van der Waals surface area contributed by atoms with Gasteiger partial charge in [0.15, 0.2) is 0 Å². The highest BCUT2D eigenvalue weighted by molar-refractivity contribution is 6.05. The van der Waals surface area contributed by atoms with E-state index < -0.39 is 0 Å². The number of aromatic nitrogens is 5. The van der Waals surface area contributed by atoms with Gasteiger partial charge in [-0.25, -0.2) is 19.6 Å². The molecule has 0 fully saturated rings. The van der Waals surface area contributed by atoms with E-state index in [0.29, 0.717) is 28.7 Å². The standard InChI is InChI=1S/C27H24N8O/c1-18-12-13-28-24(14-18)34-26-15-25(29-17-30-26)32-20-8-10-21(11-9-20)33-27(36)23-16-31-35(19(23)2)22-6-4-3-5-7-22/h3-17H,1-2H3,(H,33,36)(H2,28,29,30,32,34). The van der Waals surface area contributed by atoms with Crippen molar-refractivity contribution < 1.29 is 4.79 Å². The molecule has 5 aromatic rings. The van der Waals surface area contributed by atoms with E-state index in [1.165, 1.54) is 6.33 Å². The van der Waals surface area contributed by atoms with Crippen molar-refractivity contribution in [3.63, 3.8) is 0 Å². The van der Waals surface area contributed by atoms with E-state index in [4.69, 9.17) is 0 Å². The van der Waals surface area contributed by atoms with Crippen molar-refractivity contribution in [1.82, 2.24) is 24.7 Å². The Hall–Kier alpha value is -5.05. The highest BCUT2D eigenvalue weighted by Gasteiger charge is 2.15. The Labute approximate surface area is 208 Å². The summed E-state index contributed by atoms with van der Waals surface area (Å²) in [5.74, 6) is 1.75. The SMILES string of the molecule is Cc1ccnc(Nc2cc(Nc3ccc(NC(=O)c4cnn(-c5ccccc5)c4C)cc3)ncn2)c1. The molecule has 3 aromatic heterocycles. The normalized spacial score (nSPS) is 10.6. The van der Waals surface area contributed by atoms with Crippen LogP contribution in [0, 0.1) is 13.8 Å². The summed E-state index contributed by atoms with van der Waals surface area (Å²) in [6.07, 6.45) is 4.81. The van der Waals surface area contributed by atoms with Crippen LogP contribution >= 0.6 is 0 Å². The summed E-state index contributed by atoms with van der Waals surface area (Å²) in [4.78, 5) is 25.7. The molecule has 0 saturated carbocycles. The van der Waals surface area contributed by atoms with Crippen molar-refractivity contribution in [3.8, 4) is 5.69 Å². The lowest BCUT2D eigenvalue weighted by Gasteiger charge is -2.10. The molecule has 0 atom stereocenters. The maximum absolute atomic E-state index is 12.9. The number of para-hydroxylation sites is 1.